The van der Waals surface area contributed by atoms with Crippen molar-refractivity contribution < 1.29 is 9.59 Å². The van der Waals surface area contributed by atoms with Gasteiger partial charge in [0.15, 0.2) is 5.37 Å². The van der Waals surface area contributed by atoms with Crippen molar-refractivity contribution >= 4 is 23.7 Å². The molecule has 0 saturated carbocycles. The van der Waals surface area contributed by atoms with Crippen molar-refractivity contribution in [2.24, 2.45) is 0 Å². The van der Waals surface area contributed by atoms with E-state index in [9.17, 15) is 9.59 Å². The maximum atomic E-state index is 10.8. The van der Waals surface area contributed by atoms with Gasteiger partial charge in [-0.2, -0.15) is 5.32 Å². The molecule has 2 rings (SSSR count). The lowest BCUT2D eigenvalue weighted by molar-refractivity contribution is -0.119. The van der Waals surface area contributed by atoms with Gasteiger partial charge in [-0.15, -0.1) is 11.8 Å². The number of amides is 3. The number of urea groups is 1. The van der Waals surface area contributed by atoms with Crippen LogP contribution in [0.1, 0.15) is 0 Å². The summed E-state index contributed by atoms with van der Waals surface area (Å²) in [4.78, 5) is 23.1. The zero-order valence-electron chi connectivity index (χ0n) is 5.11. The van der Waals surface area contributed by atoms with Crippen LogP contribution < -0.4 is 5.32 Å². The van der Waals surface area contributed by atoms with Gasteiger partial charge < -0.3 is 4.90 Å². The van der Waals surface area contributed by atoms with Gasteiger partial charge in [-0.3, -0.25) is 4.79 Å². The predicted octanol–water partition coefficient (Wildman–Crippen LogP) is -0.374. The fraction of sp³-hybridized carbons (Fsp3) is 0.600. The Morgan fingerprint density at radius 1 is 1.60 bits per heavy atom. The number of carbonyl (C=O) groups is 2. The van der Waals surface area contributed by atoms with Crippen molar-refractivity contribution in [2.75, 3.05) is 12.3 Å². The van der Waals surface area contributed by atoms with Crippen molar-refractivity contribution in [3.63, 3.8) is 0 Å². The molecular formula is C5H5N2O2S. The van der Waals surface area contributed by atoms with E-state index in [4.69, 9.17) is 0 Å². The van der Waals surface area contributed by atoms with Crippen molar-refractivity contribution in [1.82, 2.24) is 10.2 Å². The van der Waals surface area contributed by atoms with Crippen molar-refractivity contribution in [1.29, 1.82) is 0 Å². The summed E-state index contributed by atoms with van der Waals surface area (Å²) >= 11 is 1.49. The molecule has 2 fully saturated rings. The standard InChI is InChI=1S/C5H5N2O2S/c8-3-4-7(1-2-10-4)5(9)6-3/h4H,1-2H2/t4-/m0/s1. The van der Waals surface area contributed by atoms with E-state index in [1.165, 1.54) is 16.7 Å². The number of thioether (sulfide) groups is 1. The minimum atomic E-state index is -0.361. The van der Waals surface area contributed by atoms with Crippen LogP contribution >= 0.6 is 11.8 Å². The summed E-state index contributed by atoms with van der Waals surface area (Å²) in [7, 11) is 0. The van der Waals surface area contributed by atoms with Crippen LogP contribution in [0.2, 0.25) is 0 Å². The van der Waals surface area contributed by atoms with Gasteiger partial charge in [-0.1, -0.05) is 0 Å². The van der Waals surface area contributed by atoms with Gasteiger partial charge in [0, 0.05) is 12.3 Å². The van der Waals surface area contributed by atoms with Gasteiger partial charge >= 0.3 is 6.03 Å². The molecule has 0 aromatic heterocycles. The third kappa shape index (κ3) is 0.636. The molecule has 0 aromatic carbocycles. The van der Waals surface area contributed by atoms with Crippen LogP contribution in [-0.2, 0) is 4.79 Å². The minimum absolute atomic E-state index is 0.285. The lowest BCUT2D eigenvalue weighted by Gasteiger charge is -2.07. The molecule has 2 aliphatic rings. The molecule has 5 heteroatoms. The average Bonchev–Trinajstić information content (AvgIpc) is 2.39. The highest BCUT2D eigenvalue weighted by molar-refractivity contribution is 8.00. The van der Waals surface area contributed by atoms with Gasteiger partial charge in [0.05, 0.1) is 0 Å². The number of rotatable bonds is 0. The third-order valence-corrected chi connectivity index (χ3v) is 2.74. The Bertz CT molecular complexity index is 186. The number of hydrogen-bond acceptors (Lipinski definition) is 3. The second-order valence-corrected chi connectivity index (χ2v) is 3.34. The second kappa shape index (κ2) is 1.88. The van der Waals surface area contributed by atoms with E-state index < -0.39 is 0 Å². The Kier molecular flexibility index (Phi) is 1.14. The molecular weight excluding hydrogens is 152 g/mol. The van der Waals surface area contributed by atoms with Crippen LogP contribution in [-0.4, -0.2) is 34.5 Å². The smallest absolute Gasteiger partial charge is 0.301 e. The highest BCUT2D eigenvalue weighted by atomic mass is 32.2. The van der Waals surface area contributed by atoms with E-state index in [1.54, 1.807) is 0 Å². The normalized spacial score (nSPS) is 30.8. The lowest BCUT2D eigenvalue weighted by atomic mass is 10.5. The fourth-order valence-corrected chi connectivity index (χ4v) is 2.18. The van der Waals surface area contributed by atoms with Gasteiger partial charge in [-0.25, -0.2) is 4.79 Å². The summed E-state index contributed by atoms with van der Waals surface area (Å²) in [6.07, 6.45) is 0. The third-order valence-electron chi connectivity index (χ3n) is 1.55. The highest BCUT2D eigenvalue weighted by Crippen LogP contribution is 2.27. The molecule has 2 heterocycles. The number of nitrogens with zero attached hydrogens (tertiary/aromatic N) is 2. The zero-order chi connectivity index (χ0) is 7.14. The van der Waals surface area contributed by atoms with E-state index in [0.29, 0.717) is 6.54 Å². The van der Waals surface area contributed by atoms with Gasteiger partial charge in [0.2, 0.25) is 0 Å². The van der Waals surface area contributed by atoms with E-state index >= 15 is 0 Å². The van der Waals surface area contributed by atoms with E-state index in [2.05, 4.69) is 5.32 Å². The minimum Gasteiger partial charge on any atom is -0.301 e. The molecule has 1 atom stereocenters. The topological polar surface area (TPSA) is 51.5 Å². The Morgan fingerprint density at radius 2 is 2.40 bits per heavy atom. The van der Waals surface area contributed by atoms with E-state index in [0.717, 1.165) is 5.75 Å². The molecule has 53 valence electrons. The molecule has 0 bridgehead atoms. The van der Waals surface area contributed by atoms with Crippen molar-refractivity contribution in [3.05, 3.63) is 0 Å². The molecule has 2 saturated heterocycles. The first-order valence-electron chi connectivity index (χ1n) is 2.97. The van der Waals surface area contributed by atoms with Gasteiger partial charge in [-0.05, 0) is 0 Å². The predicted molar refractivity (Wildman–Crippen MR) is 35.5 cm³/mol. The summed E-state index contributed by atoms with van der Waals surface area (Å²) in [5, 5.41) is 3.02. The van der Waals surface area contributed by atoms with E-state index in [1.807, 2.05) is 0 Å². The molecule has 0 unspecified atom stereocenters. The zero-order valence-corrected chi connectivity index (χ0v) is 5.93. The largest absolute Gasteiger partial charge is 0.348 e. The monoisotopic (exact) mass is 157 g/mol. The van der Waals surface area contributed by atoms with Gasteiger partial charge in [0.1, 0.15) is 0 Å². The molecule has 0 aromatic rings. The summed E-state index contributed by atoms with van der Waals surface area (Å²) in [6, 6.07) is -0.361. The first-order valence-corrected chi connectivity index (χ1v) is 4.02. The molecule has 10 heavy (non-hydrogen) atoms. The SMILES string of the molecule is O=C1[N]C(=O)N2CCS[C@@H]12. The van der Waals surface area contributed by atoms with Crippen molar-refractivity contribution in [2.45, 2.75) is 5.37 Å². The lowest BCUT2D eigenvalue weighted by Crippen LogP contribution is -2.27. The number of carbonyl (C=O) groups excluding carboxylic acids is 2. The Morgan fingerprint density at radius 3 is 3.10 bits per heavy atom. The maximum absolute atomic E-state index is 10.8. The first-order chi connectivity index (χ1) is 4.79. The summed E-state index contributed by atoms with van der Waals surface area (Å²) in [6.45, 7) is 0.670. The van der Waals surface area contributed by atoms with Crippen LogP contribution in [0.25, 0.3) is 0 Å². The number of hydrogen-bond donors (Lipinski definition) is 0. The molecule has 2 aliphatic heterocycles. The Balaban J connectivity index is 2.27. The van der Waals surface area contributed by atoms with Crippen molar-refractivity contribution in [3.8, 4) is 0 Å². The Labute approximate surface area is 61.9 Å². The Hall–Kier alpha value is -0.710. The van der Waals surface area contributed by atoms with Crippen LogP contribution in [0.5, 0.6) is 0 Å². The molecule has 0 spiro atoms. The van der Waals surface area contributed by atoms with Crippen LogP contribution in [0.4, 0.5) is 4.79 Å². The molecule has 1 radical (unpaired) electrons. The fourth-order valence-electron chi connectivity index (χ4n) is 1.08. The molecule has 0 N–H and O–H groups in total. The van der Waals surface area contributed by atoms with Crippen LogP contribution in [0.3, 0.4) is 0 Å². The second-order valence-electron chi connectivity index (χ2n) is 2.15. The summed E-state index contributed by atoms with van der Waals surface area (Å²) in [5.74, 6) is 0.574. The maximum Gasteiger partial charge on any atom is 0.348 e. The molecule has 3 amide bonds. The summed E-state index contributed by atoms with van der Waals surface area (Å²) in [5.41, 5.74) is 0. The van der Waals surface area contributed by atoms with Crippen LogP contribution in [0.15, 0.2) is 0 Å². The van der Waals surface area contributed by atoms with E-state index in [-0.39, 0.29) is 17.3 Å². The van der Waals surface area contributed by atoms with Gasteiger partial charge in [0.25, 0.3) is 5.91 Å². The average molecular weight is 157 g/mol. The molecule has 4 nitrogen and oxygen atoms in total. The quantitative estimate of drug-likeness (QED) is 0.451. The summed E-state index contributed by atoms with van der Waals surface area (Å²) < 4.78 is 0. The number of imide groups is 1. The van der Waals surface area contributed by atoms with Crippen LogP contribution in [0, 0.1) is 0 Å². The first kappa shape index (κ1) is 6.03. The molecule has 0 aliphatic carbocycles. The highest BCUT2D eigenvalue weighted by Gasteiger charge is 2.43. The number of fused-ring (bicyclic) bond motifs is 1.